The van der Waals surface area contributed by atoms with Crippen molar-refractivity contribution in [1.82, 2.24) is 4.98 Å². The molecule has 0 unspecified atom stereocenters. The highest BCUT2D eigenvalue weighted by Crippen LogP contribution is 2.30. The Morgan fingerprint density at radius 3 is 2.84 bits per heavy atom. The number of ether oxygens (including phenoxy) is 2. The van der Waals surface area contributed by atoms with Gasteiger partial charge in [-0.05, 0) is 32.9 Å². The molecule has 19 heavy (non-hydrogen) atoms. The quantitative estimate of drug-likeness (QED) is 0.726. The van der Waals surface area contributed by atoms with Crippen molar-refractivity contribution in [3.8, 4) is 5.75 Å². The Labute approximate surface area is 111 Å². The zero-order chi connectivity index (χ0) is 14.0. The third-order valence-electron chi connectivity index (χ3n) is 2.42. The van der Waals surface area contributed by atoms with E-state index in [1.165, 1.54) is 4.90 Å². The fourth-order valence-electron chi connectivity index (χ4n) is 1.67. The fraction of sp³-hybridized carbons (Fsp3) is 0.462. The molecule has 0 atom stereocenters. The second-order valence-electron chi connectivity index (χ2n) is 5.16. The van der Waals surface area contributed by atoms with Crippen LogP contribution in [0, 0.1) is 0 Å². The van der Waals surface area contributed by atoms with E-state index in [9.17, 15) is 9.59 Å². The largest absolute Gasteiger partial charge is 0.488 e. The molecule has 0 radical (unpaired) electrons. The van der Waals surface area contributed by atoms with E-state index in [1.54, 1.807) is 32.9 Å². The molecule has 1 aromatic rings. The SMILES string of the molecule is CC(C)(C)OC(=O)N1CCOc2ccc(C=O)nc21. The van der Waals surface area contributed by atoms with Gasteiger partial charge in [0.2, 0.25) is 0 Å². The summed E-state index contributed by atoms with van der Waals surface area (Å²) >= 11 is 0. The summed E-state index contributed by atoms with van der Waals surface area (Å²) < 4.78 is 10.7. The summed E-state index contributed by atoms with van der Waals surface area (Å²) in [4.78, 5) is 28.3. The fourth-order valence-corrected chi connectivity index (χ4v) is 1.67. The highest BCUT2D eigenvalue weighted by atomic mass is 16.6. The smallest absolute Gasteiger partial charge is 0.416 e. The first-order chi connectivity index (χ1) is 8.90. The number of rotatable bonds is 1. The van der Waals surface area contributed by atoms with E-state index < -0.39 is 11.7 Å². The van der Waals surface area contributed by atoms with Gasteiger partial charge in [0.05, 0.1) is 6.54 Å². The van der Waals surface area contributed by atoms with Crippen LogP contribution in [0.5, 0.6) is 5.75 Å². The molecule has 102 valence electrons. The minimum atomic E-state index is -0.585. The van der Waals surface area contributed by atoms with Crippen molar-refractivity contribution in [2.75, 3.05) is 18.1 Å². The van der Waals surface area contributed by atoms with Crippen LogP contribution in [-0.2, 0) is 4.74 Å². The van der Waals surface area contributed by atoms with Crippen LogP contribution in [0.2, 0.25) is 0 Å². The number of hydrogen-bond donors (Lipinski definition) is 0. The van der Waals surface area contributed by atoms with E-state index in [-0.39, 0.29) is 5.69 Å². The van der Waals surface area contributed by atoms with Crippen molar-refractivity contribution < 1.29 is 19.1 Å². The maximum Gasteiger partial charge on any atom is 0.416 e. The van der Waals surface area contributed by atoms with Crippen molar-refractivity contribution in [1.29, 1.82) is 0 Å². The van der Waals surface area contributed by atoms with E-state index in [1.807, 2.05) is 0 Å². The van der Waals surface area contributed by atoms with Crippen LogP contribution in [0.15, 0.2) is 12.1 Å². The van der Waals surface area contributed by atoms with Crippen molar-refractivity contribution in [3.05, 3.63) is 17.8 Å². The molecule has 2 heterocycles. The first kappa shape index (κ1) is 13.3. The molecule has 6 nitrogen and oxygen atoms in total. The van der Waals surface area contributed by atoms with Crippen LogP contribution >= 0.6 is 0 Å². The van der Waals surface area contributed by atoms with Gasteiger partial charge in [0.25, 0.3) is 0 Å². The third-order valence-corrected chi connectivity index (χ3v) is 2.42. The Hall–Kier alpha value is -2.11. The maximum absolute atomic E-state index is 12.1. The summed E-state index contributed by atoms with van der Waals surface area (Å²) in [6.45, 7) is 6.09. The lowest BCUT2D eigenvalue weighted by molar-refractivity contribution is 0.0565. The lowest BCUT2D eigenvalue weighted by Gasteiger charge is -2.30. The summed E-state index contributed by atoms with van der Waals surface area (Å²) in [6, 6.07) is 3.17. The molecule has 0 aromatic carbocycles. The van der Waals surface area contributed by atoms with Crippen molar-refractivity contribution in [3.63, 3.8) is 0 Å². The average Bonchev–Trinajstić information content (AvgIpc) is 2.35. The van der Waals surface area contributed by atoms with E-state index in [0.29, 0.717) is 31.0 Å². The Kier molecular flexibility index (Phi) is 3.42. The van der Waals surface area contributed by atoms with Gasteiger partial charge in [-0.15, -0.1) is 0 Å². The van der Waals surface area contributed by atoms with Gasteiger partial charge in [0.1, 0.15) is 17.9 Å². The molecule has 1 aromatic heterocycles. The molecular formula is C13H16N2O4. The first-order valence-electron chi connectivity index (χ1n) is 6.00. The Balaban J connectivity index is 2.30. The number of anilines is 1. The molecule has 0 fully saturated rings. The van der Waals surface area contributed by atoms with Gasteiger partial charge in [-0.3, -0.25) is 9.69 Å². The number of pyridine rings is 1. The highest BCUT2D eigenvalue weighted by Gasteiger charge is 2.29. The lowest BCUT2D eigenvalue weighted by Crippen LogP contribution is -2.42. The number of amides is 1. The minimum Gasteiger partial charge on any atom is -0.488 e. The molecule has 0 aliphatic carbocycles. The van der Waals surface area contributed by atoms with Gasteiger partial charge in [-0.1, -0.05) is 0 Å². The Morgan fingerprint density at radius 1 is 1.47 bits per heavy atom. The monoisotopic (exact) mass is 264 g/mol. The molecule has 0 saturated carbocycles. The van der Waals surface area contributed by atoms with E-state index in [0.717, 1.165) is 0 Å². The number of carbonyl (C=O) groups excluding carboxylic acids is 2. The van der Waals surface area contributed by atoms with Gasteiger partial charge in [-0.2, -0.15) is 0 Å². The number of aldehydes is 1. The molecule has 0 bridgehead atoms. The minimum absolute atomic E-state index is 0.248. The Bertz CT molecular complexity index is 508. The van der Waals surface area contributed by atoms with Crippen LogP contribution in [0.25, 0.3) is 0 Å². The van der Waals surface area contributed by atoms with Crippen molar-refractivity contribution >= 4 is 18.2 Å². The molecule has 0 N–H and O–H groups in total. The molecule has 2 rings (SSSR count). The molecule has 0 spiro atoms. The number of aromatic nitrogens is 1. The van der Waals surface area contributed by atoms with E-state index in [4.69, 9.17) is 9.47 Å². The zero-order valence-corrected chi connectivity index (χ0v) is 11.2. The molecule has 0 saturated heterocycles. The number of carbonyl (C=O) groups is 2. The van der Waals surface area contributed by atoms with Crippen LogP contribution < -0.4 is 9.64 Å². The highest BCUT2D eigenvalue weighted by molar-refractivity contribution is 5.89. The van der Waals surface area contributed by atoms with Crippen molar-refractivity contribution in [2.24, 2.45) is 0 Å². The predicted octanol–water partition coefficient (Wildman–Crippen LogP) is 2.03. The number of nitrogens with zero attached hydrogens (tertiary/aromatic N) is 2. The molecule has 1 aliphatic rings. The van der Waals surface area contributed by atoms with Crippen LogP contribution in [0.4, 0.5) is 10.6 Å². The van der Waals surface area contributed by atoms with Crippen LogP contribution in [0.1, 0.15) is 31.3 Å². The summed E-state index contributed by atoms with van der Waals surface area (Å²) in [5.74, 6) is 0.799. The average molecular weight is 264 g/mol. The second-order valence-corrected chi connectivity index (χ2v) is 5.16. The molecular weight excluding hydrogens is 248 g/mol. The standard InChI is InChI=1S/C13H16N2O4/c1-13(2,3)19-12(17)15-6-7-18-10-5-4-9(8-16)14-11(10)15/h4-5,8H,6-7H2,1-3H3. The van der Waals surface area contributed by atoms with Gasteiger partial charge in [0, 0.05) is 0 Å². The van der Waals surface area contributed by atoms with Gasteiger partial charge >= 0.3 is 6.09 Å². The zero-order valence-electron chi connectivity index (χ0n) is 11.2. The summed E-state index contributed by atoms with van der Waals surface area (Å²) in [5.41, 5.74) is -0.338. The topological polar surface area (TPSA) is 68.7 Å². The maximum atomic E-state index is 12.1. The lowest BCUT2D eigenvalue weighted by atomic mass is 10.2. The second kappa shape index (κ2) is 4.87. The normalized spacial score (nSPS) is 14.4. The third kappa shape index (κ3) is 3.01. The van der Waals surface area contributed by atoms with Gasteiger partial charge in [-0.25, -0.2) is 9.78 Å². The van der Waals surface area contributed by atoms with Crippen molar-refractivity contribution in [2.45, 2.75) is 26.4 Å². The van der Waals surface area contributed by atoms with Gasteiger partial charge < -0.3 is 9.47 Å². The first-order valence-corrected chi connectivity index (χ1v) is 6.00. The molecule has 6 heteroatoms. The number of fused-ring (bicyclic) bond motifs is 1. The summed E-state index contributed by atoms with van der Waals surface area (Å²) in [7, 11) is 0. The molecule has 1 aliphatic heterocycles. The predicted molar refractivity (Wildman–Crippen MR) is 68.7 cm³/mol. The number of hydrogen-bond acceptors (Lipinski definition) is 5. The molecule has 1 amide bonds. The van der Waals surface area contributed by atoms with Crippen LogP contribution in [0.3, 0.4) is 0 Å². The van der Waals surface area contributed by atoms with E-state index >= 15 is 0 Å². The summed E-state index contributed by atoms with van der Waals surface area (Å²) in [5, 5.41) is 0. The van der Waals surface area contributed by atoms with Crippen LogP contribution in [-0.4, -0.2) is 36.1 Å². The Morgan fingerprint density at radius 2 is 2.21 bits per heavy atom. The summed E-state index contributed by atoms with van der Waals surface area (Å²) in [6.07, 6.45) is 0.134. The van der Waals surface area contributed by atoms with E-state index in [2.05, 4.69) is 4.98 Å². The van der Waals surface area contributed by atoms with Gasteiger partial charge in [0.15, 0.2) is 17.9 Å².